The number of para-hydroxylation sites is 1. The van der Waals surface area contributed by atoms with Crippen molar-refractivity contribution in [2.24, 2.45) is 5.10 Å². The van der Waals surface area contributed by atoms with Crippen LogP contribution in [0, 0.1) is 0 Å². The van der Waals surface area contributed by atoms with E-state index in [4.69, 9.17) is 16.3 Å². The third kappa shape index (κ3) is 3.06. The van der Waals surface area contributed by atoms with Crippen LogP contribution in [0.3, 0.4) is 0 Å². The summed E-state index contributed by atoms with van der Waals surface area (Å²) in [5.74, 6) is -0.115. The molecule has 0 aliphatic heterocycles. The first kappa shape index (κ1) is 16.3. The van der Waals surface area contributed by atoms with Crippen LogP contribution in [0.1, 0.15) is 15.2 Å². The number of methoxy groups -OCH3 is 1. The average Bonchev–Trinajstić information content (AvgIpc) is 2.94. The molecule has 0 atom stereocenters. The third-order valence-electron chi connectivity index (χ3n) is 3.36. The predicted molar refractivity (Wildman–Crippen MR) is 96.6 cm³/mol. The SMILES string of the molecule is COc1cccc(C=NNC(=O)c2sc3ccccc3c2Cl)c1O. The monoisotopic (exact) mass is 360 g/mol. The van der Waals surface area contributed by atoms with Crippen LogP contribution in [-0.2, 0) is 0 Å². The Labute approximate surface area is 147 Å². The number of rotatable bonds is 4. The van der Waals surface area contributed by atoms with E-state index in [0.717, 1.165) is 10.1 Å². The number of phenolic OH excluding ortho intramolecular Hbond substituents is 1. The van der Waals surface area contributed by atoms with Gasteiger partial charge in [-0.15, -0.1) is 11.3 Å². The standard InChI is InChI=1S/C17H13ClN2O3S/c1-23-12-7-4-5-10(15(12)21)9-19-20-17(22)16-14(18)11-6-2-3-8-13(11)24-16/h2-9,21H,1H3,(H,20,22). The number of benzene rings is 2. The number of fused-ring (bicyclic) bond motifs is 1. The molecule has 0 spiro atoms. The molecule has 3 aromatic rings. The quantitative estimate of drug-likeness (QED) is 0.545. The van der Waals surface area contributed by atoms with Crippen molar-refractivity contribution >= 4 is 45.1 Å². The van der Waals surface area contributed by atoms with Crippen molar-refractivity contribution in [1.82, 2.24) is 5.43 Å². The smallest absolute Gasteiger partial charge is 0.283 e. The molecule has 0 saturated carbocycles. The summed E-state index contributed by atoms with van der Waals surface area (Å²) in [4.78, 5) is 12.6. The van der Waals surface area contributed by atoms with E-state index in [1.807, 2.05) is 24.3 Å². The summed E-state index contributed by atoms with van der Waals surface area (Å²) < 4.78 is 5.95. The minimum atomic E-state index is -0.403. The summed E-state index contributed by atoms with van der Waals surface area (Å²) in [5.41, 5.74) is 2.85. The number of aromatic hydroxyl groups is 1. The fourth-order valence-corrected chi connectivity index (χ4v) is 3.59. The van der Waals surface area contributed by atoms with Crippen LogP contribution < -0.4 is 10.2 Å². The van der Waals surface area contributed by atoms with Crippen molar-refractivity contribution < 1.29 is 14.6 Å². The zero-order valence-electron chi connectivity index (χ0n) is 12.6. The van der Waals surface area contributed by atoms with E-state index in [1.165, 1.54) is 24.7 Å². The highest BCUT2D eigenvalue weighted by Crippen LogP contribution is 2.35. The molecule has 7 heteroatoms. The largest absolute Gasteiger partial charge is 0.504 e. The number of amides is 1. The van der Waals surface area contributed by atoms with Crippen LogP contribution >= 0.6 is 22.9 Å². The van der Waals surface area contributed by atoms with E-state index < -0.39 is 5.91 Å². The number of nitrogens with zero attached hydrogens (tertiary/aromatic N) is 1. The summed E-state index contributed by atoms with van der Waals surface area (Å²) >= 11 is 7.55. The molecule has 5 nitrogen and oxygen atoms in total. The molecular formula is C17H13ClN2O3S. The number of thiophene rings is 1. The number of nitrogens with one attached hydrogen (secondary N) is 1. The fraction of sp³-hybridized carbons (Fsp3) is 0.0588. The van der Waals surface area contributed by atoms with Crippen LogP contribution in [0.4, 0.5) is 0 Å². The van der Waals surface area contributed by atoms with E-state index in [9.17, 15) is 9.90 Å². The molecule has 1 aromatic heterocycles. The van der Waals surface area contributed by atoms with Crippen LogP contribution in [-0.4, -0.2) is 24.3 Å². The van der Waals surface area contributed by atoms with Crippen LogP contribution in [0.2, 0.25) is 5.02 Å². The average molecular weight is 361 g/mol. The predicted octanol–water partition coefficient (Wildman–Crippen LogP) is 4.03. The van der Waals surface area contributed by atoms with Gasteiger partial charge in [0.1, 0.15) is 4.88 Å². The molecular weight excluding hydrogens is 348 g/mol. The van der Waals surface area contributed by atoms with Gasteiger partial charge in [0.15, 0.2) is 11.5 Å². The highest BCUT2D eigenvalue weighted by molar-refractivity contribution is 7.21. The molecule has 0 radical (unpaired) electrons. The molecule has 24 heavy (non-hydrogen) atoms. The number of phenols is 1. The number of hydrogen-bond acceptors (Lipinski definition) is 5. The lowest BCUT2D eigenvalue weighted by atomic mass is 10.2. The van der Waals surface area contributed by atoms with Gasteiger partial charge in [0.2, 0.25) is 0 Å². The van der Waals surface area contributed by atoms with E-state index >= 15 is 0 Å². The van der Waals surface area contributed by atoms with E-state index in [0.29, 0.717) is 21.2 Å². The minimum Gasteiger partial charge on any atom is -0.504 e. The first-order valence-corrected chi connectivity index (χ1v) is 8.17. The van der Waals surface area contributed by atoms with Gasteiger partial charge in [0.25, 0.3) is 5.91 Å². The van der Waals surface area contributed by atoms with Gasteiger partial charge in [-0.3, -0.25) is 4.79 Å². The molecule has 1 amide bonds. The maximum atomic E-state index is 12.2. The lowest BCUT2D eigenvalue weighted by molar-refractivity contribution is 0.0959. The number of carbonyl (C=O) groups excluding carboxylic acids is 1. The Kier molecular flexibility index (Phi) is 4.69. The first-order chi connectivity index (χ1) is 11.6. The second-order valence-electron chi connectivity index (χ2n) is 4.84. The normalized spacial score (nSPS) is 11.1. The van der Waals surface area contributed by atoms with Crippen molar-refractivity contribution in [3.8, 4) is 11.5 Å². The lowest BCUT2D eigenvalue weighted by Crippen LogP contribution is -2.16. The van der Waals surface area contributed by atoms with Crippen LogP contribution in [0.15, 0.2) is 47.6 Å². The van der Waals surface area contributed by atoms with E-state index in [-0.39, 0.29) is 5.75 Å². The second kappa shape index (κ2) is 6.90. The Bertz CT molecular complexity index is 937. The summed E-state index contributed by atoms with van der Waals surface area (Å²) in [7, 11) is 1.46. The summed E-state index contributed by atoms with van der Waals surface area (Å²) in [6, 6.07) is 12.5. The second-order valence-corrected chi connectivity index (χ2v) is 6.27. The Hall–Kier alpha value is -2.57. The maximum Gasteiger partial charge on any atom is 0.283 e. The van der Waals surface area contributed by atoms with Crippen LogP contribution in [0.25, 0.3) is 10.1 Å². The summed E-state index contributed by atoms with van der Waals surface area (Å²) in [6.07, 6.45) is 1.34. The molecule has 2 N–H and O–H groups in total. The number of carbonyl (C=O) groups is 1. The van der Waals surface area contributed by atoms with Gasteiger partial charge in [-0.2, -0.15) is 5.10 Å². The van der Waals surface area contributed by atoms with Gasteiger partial charge < -0.3 is 9.84 Å². The number of halogens is 1. The van der Waals surface area contributed by atoms with Crippen molar-refractivity contribution in [3.05, 3.63) is 57.9 Å². The van der Waals surface area contributed by atoms with Gasteiger partial charge >= 0.3 is 0 Å². The number of hydrogen-bond donors (Lipinski definition) is 2. The van der Waals surface area contributed by atoms with Crippen molar-refractivity contribution in [2.45, 2.75) is 0 Å². The number of hydrazone groups is 1. The van der Waals surface area contributed by atoms with Crippen molar-refractivity contribution in [2.75, 3.05) is 7.11 Å². The zero-order chi connectivity index (χ0) is 17.1. The zero-order valence-corrected chi connectivity index (χ0v) is 14.2. The third-order valence-corrected chi connectivity index (χ3v) is 5.04. The topological polar surface area (TPSA) is 70.9 Å². The van der Waals surface area contributed by atoms with Gasteiger partial charge in [-0.25, -0.2) is 5.43 Å². The van der Waals surface area contributed by atoms with E-state index in [1.54, 1.807) is 18.2 Å². The summed E-state index contributed by atoms with van der Waals surface area (Å²) in [5, 5.41) is 15.1. The van der Waals surface area contributed by atoms with E-state index in [2.05, 4.69) is 10.5 Å². The Morgan fingerprint density at radius 3 is 2.83 bits per heavy atom. The Balaban J connectivity index is 1.79. The van der Waals surface area contributed by atoms with Crippen molar-refractivity contribution in [3.63, 3.8) is 0 Å². The van der Waals surface area contributed by atoms with Gasteiger partial charge in [-0.1, -0.05) is 35.9 Å². The molecule has 0 aliphatic rings. The first-order valence-electron chi connectivity index (χ1n) is 6.98. The maximum absolute atomic E-state index is 12.2. The molecule has 0 aliphatic carbocycles. The molecule has 2 aromatic carbocycles. The minimum absolute atomic E-state index is 0.0436. The molecule has 1 heterocycles. The molecule has 0 bridgehead atoms. The molecule has 0 fully saturated rings. The van der Waals surface area contributed by atoms with Crippen molar-refractivity contribution in [1.29, 1.82) is 0 Å². The lowest BCUT2D eigenvalue weighted by Gasteiger charge is -2.04. The summed E-state index contributed by atoms with van der Waals surface area (Å²) in [6.45, 7) is 0. The number of ether oxygens (including phenoxy) is 1. The molecule has 0 unspecified atom stereocenters. The van der Waals surface area contributed by atoms with Gasteiger partial charge in [-0.05, 0) is 18.2 Å². The Morgan fingerprint density at radius 1 is 1.29 bits per heavy atom. The fourth-order valence-electron chi connectivity index (χ4n) is 2.18. The highest BCUT2D eigenvalue weighted by Gasteiger charge is 2.16. The molecule has 0 saturated heterocycles. The Morgan fingerprint density at radius 2 is 2.08 bits per heavy atom. The highest BCUT2D eigenvalue weighted by atomic mass is 35.5. The van der Waals surface area contributed by atoms with Crippen LogP contribution in [0.5, 0.6) is 11.5 Å². The van der Waals surface area contributed by atoms with Gasteiger partial charge in [0, 0.05) is 15.6 Å². The molecule has 3 rings (SSSR count). The molecule has 122 valence electrons. The van der Waals surface area contributed by atoms with Gasteiger partial charge in [0.05, 0.1) is 18.3 Å².